The summed E-state index contributed by atoms with van der Waals surface area (Å²) in [5.74, 6) is -0.393. The molecule has 0 spiro atoms. The van der Waals surface area contributed by atoms with Crippen LogP contribution in [-0.4, -0.2) is 10.2 Å². The molecule has 0 aliphatic heterocycles. The van der Waals surface area contributed by atoms with Gasteiger partial charge in [-0.1, -0.05) is 22.9 Å². The van der Waals surface area contributed by atoms with Crippen LogP contribution in [0.4, 0.5) is 4.39 Å². The maximum atomic E-state index is 13.4. The van der Waals surface area contributed by atoms with E-state index in [2.05, 4.69) is 10.2 Å². The molecule has 14 heavy (non-hydrogen) atoms. The van der Waals surface area contributed by atoms with Crippen LogP contribution in [0.5, 0.6) is 0 Å². The van der Waals surface area contributed by atoms with Crippen LogP contribution in [0.2, 0.25) is 5.02 Å². The third kappa shape index (κ3) is 1.84. The Hall–Kier alpha value is -0.780. The van der Waals surface area contributed by atoms with Crippen LogP contribution in [0.15, 0.2) is 18.2 Å². The van der Waals surface area contributed by atoms with E-state index in [0.29, 0.717) is 19.5 Å². The monoisotopic (exact) mass is 246 g/mol. The van der Waals surface area contributed by atoms with Crippen LogP contribution in [0.25, 0.3) is 10.6 Å². The van der Waals surface area contributed by atoms with Crippen molar-refractivity contribution < 1.29 is 4.39 Å². The zero-order chi connectivity index (χ0) is 10.1. The van der Waals surface area contributed by atoms with Crippen molar-refractivity contribution in [3.05, 3.63) is 33.0 Å². The van der Waals surface area contributed by atoms with Crippen LogP contribution >= 0.6 is 35.2 Å². The molecule has 0 unspecified atom stereocenters. The fourth-order valence-electron chi connectivity index (χ4n) is 1.01. The molecule has 0 saturated carbocycles. The fourth-order valence-corrected chi connectivity index (χ4v) is 2.08. The number of H-pyrrole nitrogens is 1. The molecule has 2 rings (SSSR count). The lowest BCUT2D eigenvalue weighted by molar-refractivity contribution is 0.631. The van der Waals surface area contributed by atoms with Gasteiger partial charge >= 0.3 is 0 Å². The second-order valence-corrected chi connectivity index (χ2v) is 4.64. The molecule has 1 aromatic carbocycles. The predicted octanol–water partition coefficient (Wildman–Crippen LogP) is 3.66. The van der Waals surface area contributed by atoms with Crippen molar-refractivity contribution in [2.24, 2.45) is 0 Å². The fraction of sp³-hybridized carbons (Fsp3) is 0. The van der Waals surface area contributed by atoms with Gasteiger partial charge in [0.05, 0.1) is 0 Å². The normalized spacial score (nSPS) is 10.4. The molecule has 6 heteroatoms. The van der Waals surface area contributed by atoms with Gasteiger partial charge in [-0.3, -0.25) is 5.10 Å². The Bertz CT molecular complexity index is 520. The van der Waals surface area contributed by atoms with Gasteiger partial charge in [-0.05, 0) is 30.4 Å². The zero-order valence-corrected chi connectivity index (χ0v) is 9.14. The average molecular weight is 247 g/mol. The zero-order valence-electron chi connectivity index (χ0n) is 6.75. The lowest BCUT2D eigenvalue weighted by atomic mass is 10.2. The summed E-state index contributed by atoms with van der Waals surface area (Å²) >= 11 is 11.7. The summed E-state index contributed by atoms with van der Waals surface area (Å²) in [5, 5.41) is 7.37. The van der Waals surface area contributed by atoms with Gasteiger partial charge in [0, 0.05) is 10.6 Å². The molecule has 0 saturated heterocycles. The van der Waals surface area contributed by atoms with Crippen molar-refractivity contribution in [3.8, 4) is 10.6 Å². The first-order valence-electron chi connectivity index (χ1n) is 3.68. The Morgan fingerprint density at radius 1 is 1.50 bits per heavy atom. The van der Waals surface area contributed by atoms with Crippen molar-refractivity contribution >= 4 is 35.2 Å². The summed E-state index contributed by atoms with van der Waals surface area (Å²) < 4.78 is 13.9. The number of nitrogens with one attached hydrogen (secondary N) is 1. The Balaban J connectivity index is 2.57. The molecular formula is C8H4ClFN2S2. The topological polar surface area (TPSA) is 28.7 Å². The van der Waals surface area contributed by atoms with Crippen LogP contribution in [0.1, 0.15) is 0 Å². The molecule has 0 aliphatic carbocycles. The second kappa shape index (κ2) is 3.76. The molecule has 0 fully saturated rings. The number of nitrogens with zero attached hydrogens (tertiary/aromatic N) is 1. The maximum absolute atomic E-state index is 13.4. The Morgan fingerprint density at radius 2 is 2.29 bits per heavy atom. The highest BCUT2D eigenvalue weighted by Gasteiger charge is 2.08. The first-order chi connectivity index (χ1) is 6.66. The lowest BCUT2D eigenvalue weighted by Gasteiger charge is -1.97. The minimum Gasteiger partial charge on any atom is -0.258 e. The number of hydrogen-bond donors (Lipinski definition) is 1. The van der Waals surface area contributed by atoms with Crippen LogP contribution < -0.4 is 0 Å². The van der Waals surface area contributed by atoms with Gasteiger partial charge in [0.1, 0.15) is 10.8 Å². The molecule has 0 amide bonds. The van der Waals surface area contributed by atoms with Crippen molar-refractivity contribution in [1.82, 2.24) is 10.2 Å². The Labute approximate surface area is 93.4 Å². The van der Waals surface area contributed by atoms with Gasteiger partial charge in [0.25, 0.3) is 0 Å². The third-order valence-corrected chi connectivity index (χ3v) is 2.96. The molecule has 2 nitrogen and oxygen atoms in total. The summed E-state index contributed by atoms with van der Waals surface area (Å²) in [4.78, 5) is 0. The Morgan fingerprint density at radius 3 is 2.86 bits per heavy atom. The SMILES string of the molecule is Fc1cc(Cl)ccc1-c1n[nH]c(=S)s1. The van der Waals surface area contributed by atoms with E-state index in [9.17, 15) is 4.39 Å². The molecule has 0 atom stereocenters. The third-order valence-electron chi connectivity index (χ3n) is 1.60. The number of halogens is 2. The molecule has 2 aromatic rings. The van der Waals surface area contributed by atoms with E-state index in [1.54, 1.807) is 12.1 Å². The number of benzene rings is 1. The first-order valence-corrected chi connectivity index (χ1v) is 5.28. The molecular weight excluding hydrogens is 243 g/mol. The summed E-state index contributed by atoms with van der Waals surface area (Å²) in [6.07, 6.45) is 0. The minimum absolute atomic E-state index is 0.366. The summed E-state index contributed by atoms with van der Waals surface area (Å²) in [7, 11) is 0. The predicted molar refractivity (Wildman–Crippen MR) is 57.7 cm³/mol. The summed E-state index contributed by atoms with van der Waals surface area (Å²) in [6.45, 7) is 0. The molecule has 0 aliphatic rings. The minimum atomic E-state index is -0.393. The largest absolute Gasteiger partial charge is 0.258 e. The summed E-state index contributed by atoms with van der Waals surface area (Å²) in [5.41, 5.74) is 0.409. The van der Waals surface area contributed by atoms with Crippen molar-refractivity contribution in [3.63, 3.8) is 0 Å². The van der Waals surface area contributed by atoms with Crippen LogP contribution in [-0.2, 0) is 0 Å². The van der Waals surface area contributed by atoms with E-state index in [-0.39, 0.29) is 0 Å². The van der Waals surface area contributed by atoms with Crippen molar-refractivity contribution in [2.75, 3.05) is 0 Å². The van der Waals surface area contributed by atoms with Crippen LogP contribution in [0, 0.1) is 9.77 Å². The van der Waals surface area contributed by atoms with Gasteiger partial charge in [-0.2, -0.15) is 5.10 Å². The van der Waals surface area contributed by atoms with Gasteiger partial charge in [0.15, 0.2) is 3.95 Å². The smallest absolute Gasteiger partial charge is 0.176 e. The molecule has 72 valence electrons. The standard InChI is InChI=1S/C8H4ClFN2S2/c9-4-1-2-5(6(10)3-4)7-11-12-8(13)14-7/h1-3H,(H,12,13). The van der Waals surface area contributed by atoms with E-state index in [1.165, 1.54) is 17.4 Å². The van der Waals surface area contributed by atoms with E-state index >= 15 is 0 Å². The molecule has 0 radical (unpaired) electrons. The number of aromatic nitrogens is 2. The first kappa shape index (κ1) is 9.76. The molecule has 1 heterocycles. The highest BCUT2D eigenvalue weighted by atomic mass is 35.5. The summed E-state index contributed by atoms with van der Waals surface area (Å²) in [6, 6.07) is 4.45. The number of rotatable bonds is 1. The molecule has 1 N–H and O–H groups in total. The Kier molecular flexibility index (Phi) is 2.62. The van der Waals surface area contributed by atoms with Crippen LogP contribution in [0.3, 0.4) is 0 Å². The quantitative estimate of drug-likeness (QED) is 0.778. The van der Waals surface area contributed by atoms with Gasteiger partial charge < -0.3 is 0 Å². The van der Waals surface area contributed by atoms with E-state index in [1.807, 2.05) is 0 Å². The second-order valence-electron chi connectivity index (χ2n) is 2.54. The number of hydrogen-bond acceptors (Lipinski definition) is 3. The average Bonchev–Trinajstić information content (AvgIpc) is 2.51. The van der Waals surface area contributed by atoms with Crippen molar-refractivity contribution in [1.29, 1.82) is 0 Å². The maximum Gasteiger partial charge on any atom is 0.176 e. The van der Waals surface area contributed by atoms with Gasteiger partial charge in [0.2, 0.25) is 0 Å². The van der Waals surface area contributed by atoms with E-state index in [0.717, 1.165) is 0 Å². The van der Waals surface area contributed by atoms with E-state index in [4.69, 9.17) is 23.8 Å². The van der Waals surface area contributed by atoms with Gasteiger partial charge in [-0.15, -0.1) is 0 Å². The highest BCUT2D eigenvalue weighted by Crippen LogP contribution is 2.26. The molecule has 1 aromatic heterocycles. The van der Waals surface area contributed by atoms with Crippen molar-refractivity contribution in [2.45, 2.75) is 0 Å². The highest BCUT2D eigenvalue weighted by molar-refractivity contribution is 7.73. The molecule has 0 bridgehead atoms. The number of aromatic amines is 1. The van der Waals surface area contributed by atoms with E-state index < -0.39 is 5.82 Å². The van der Waals surface area contributed by atoms with Gasteiger partial charge in [-0.25, -0.2) is 4.39 Å². The lowest BCUT2D eigenvalue weighted by Crippen LogP contribution is -1.83.